The van der Waals surface area contributed by atoms with Crippen molar-refractivity contribution in [1.82, 2.24) is 0 Å². The van der Waals surface area contributed by atoms with Crippen molar-refractivity contribution in [3.63, 3.8) is 0 Å². The summed E-state index contributed by atoms with van der Waals surface area (Å²) in [5.41, 5.74) is 4.90. The minimum atomic E-state index is -3.20. The van der Waals surface area contributed by atoms with Crippen molar-refractivity contribution < 1.29 is 17.9 Å². The lowest BCUT2D eigenvalue weighted by molar-refractivity contribution is -0.117. The molecule has 88 valence electrons. The highest BCUT2D eigenvalue weighted by atomic mass is 32.2. The summed E-state index contributed by atoms with van der Waals surface area (Å²) in [7, 11) is -3.20. The zero-order valence-corrected chi connectivity index (χ0v) is 9.46. The van der Waals surface area contributed by atoms with Crippen LogP contribution in [0.4, 0.5) is 0 Å². The van der Waals surface area contributed by atoms with Gasteiger partial charge in [0.05, 0.1) is 17.6 Å². The molecular formula is C9H17NO4S. The molecule has 1 atom stereocenters. The van der Waals surface area contributed by atoms with E-state index >= 15 is 0 Å². The van der Waals surface area contributed by atoms with Crippen LogP contribution in [0, 0.1) is 0 Å². The van der Waals surface area contributed by atoms with Gasteiger partial charge in [-0.05, 0) is 19.3 Å². The molecule has 0 aliphatic carbocycles. The SMILES string of the molecule is NC(=O)CCS(=O)(=O)C[C@@H]1CCCCO1. The Morgan fingerprint density at radius 3 is 2.67 bits per heavy atom. The zero-order valence-electron chi connectivity index (χ0n) is 8.65. The highest BCUT2D eigenvalue weighted by Gasteiger charge is 2.22. The van der Waals surface area contributed by atoms with Crippen LogP contribution >= 0.6 is 0 Å². The molecule has 5 nitrogen and oxygen atoms in total. The normalized spacial score (nSPS) is 22.5. The fourth-order valence-corrected chi connectivity index (χ4v) is 3.07. The zero-order chi connectivity index (χ0) is 11.3. The van der Waals surface area contributed by atoms with Crippen molar-refractivity contribution in [3.05, 3.63) is 0 Å². The van der Waals surface area contributed by atoms with E-state index in [1.807, 2.05) is 0 Å². The molecule has 1 heterocycles. The molecule has 1 aliphatic heterocycles. The molecule has 0 saturated carbocycles. The third-order valence-corrected chi connectivity index (χ3v) is 4.08. The molecule has 0 spiro atoms. The van der Waals surface area contributed by atoms with E-state index in [1.165, 1.54) is 0 Å². The van der Waals surface area contributed by atoms with Gasteiger partial charge in [-0.2, -0.15) is 0 Å². The number of nitrogens with two attached hydrogens (primary N) is 1. The first kappa shape index (κ1) is 12.4. The van der Waals surface area contributed by atoms with Crippen LogP contribution in [0.1, 0.15) is 25.7 Å². The number of hydrogen-bond donors (Lipinski definition) is 1. The Morgan fingerprint density at radius 1 is 1.40 bits per heavy atom. The summed E-state index contributed by atoms with van der Waals surface area (Å²) in [4.78, 5) is 10.5. The summed E-state index contributed by atoms with van der Waals surface area (Å²) in [5, 5.41) is 0. The Hall–Kier alpha value is -0.620. The Morgan fingerprint density at radius 2 is 2.13 bits per heavy atom. The van der Waals surface area contributed by atoms with Crippen LogP contribution in [0.25, 0.3) is 0 Å². The van der Waals surface area contributed by atoms with E-state index in [9.17, 15) is 13.2 Å². The van der Waals surface area contributed by atoms with Crippen molar-refractivity contribution in [2.24, 2.45) is 5.73 Å². The number of ether oxygens (including phenoxy) is 1. The molecule has 1 rings (SSSR count). The molecule has 0 bridgehead atoms. The maximum atomic E-state index is 11.5. The van der Waals surface area contributed by atoms with E-state index in [0.717, 1.165) is 19.3 Å². The van der Waals surface area contributed by atoms with Crippen LogP contribution in [0.5, 0.6) is 0 Å². The number of rotatable bonds is 5. The number of sulfone groups is 1. The Kier molecular flexibility index (Phi) is 4.53. The predicted molar refractivity (Wildman–Crippen MR) is 56.1 cm³/mol. The summed E-state index contributed by atoms with van der Waals surface area (Å²) in [6, 6.07) is 0. The molecule has 1 amide bonds. The quantitative estimate of drug-likeness (QED) is 0.717. The van der Waals surface area contributed by atoms with Gasteiger partial charge in [0.1, 0.15) is 0 Å². The standard InChI is InChI=1S/C9H17NO4S/c10-9(11)4-6-15(12,13)7-8-3-1-2-5-14-8/h8H,1-7H2,(H2,10,11)/t8-/m0/s1. The molecule has 0 radical (unpaired) electrons. The predicted octanol–water partition coefficient (Wildman–Crippen LogP) is -0.154. The lowest BCUT2D eigenvalue weighted by Crippen LogP contribution is -2.30. The second kappa shape index (κ2) is 5.46. The first-order valence-electron chi connectivity index (χ1n) is 5.10. The van der Waals surface area contributed by atoms with E-state index in [4.69, 9.17) is 10.5 Å². The number of amides is 1. The highest BCUT2D eigenvalue weighted by Crippen LogP contribution is 2.14. The Bertz CT molecular complexity index is 306. The van der Waals surface area contributed by atoms with Gasteiger partial charge in [-0.15, -0.1) is 0 Å². The summed E-state index contributed by atoms with van der Waals surface area (Å²) < 4.78 is 28.4. The van der Waals surface area contributed by atoms with Crippen LogP contribution in [-0.4, -0.2) is 38.5 Å². The Balaban J connectivity index is 2.37. The van der Waals surface area contributed by atoms with Crippen LogP contribution < -0.4 is 5.73 Å². The molecule has 1 aliphatic rings. The molecule has 1 fully saturated rings. The molecule has 0 aromatic carbocycles. The molecule has 0 unspecified atom stereocenters. The van der Waals surface area contributed by atoms with Gasteiger partial charge in [0.15, 0.2) is 9.84 Å². The topological polar surface area (TPSA) is 86.5 Å². The number of carbonyl (C=O) groups is 1. The summed E-state index contributed by atoms with van der Waals surface area (Å²) in [5.74, 6) is -0.731. The minimum absolute atomic E-state index is 0.0142. The van der Waals surface area contributed by atoms with Crippen LogP contribution in [-0.2, 0) is 19.4 Å². The third-order valence-electron chi connectivity index (χ3n) is 2.37. The molecule has 2 N–H and O–H groups in total. The summed E-state index contributed by atoms with van der Waals surface area (Å²) >= 11 is 0. The average molecular weight is 235 g/mol. The van der Waals surface area contributed by atoms with Crippen molar-refractivity contribution in [1.29, 1.82) is 0 Å². The van der Waals surface area contributed by atoms with Crippen molar-refractivity contribution in [3.8, 4) is 0 Å². The molecule has 0 aromatic rings. The number of primary amides is 1. The van der Waals surface area contributed by atoms with E-state index < -0.39 is 15.7 Å². The van der Waals surface area contributed by atoms with Gasteiger partial charge in [0.2, 0.25) is 5.91 Å². The molecular weight excluding hydrogens is 218 g/mol. The van der Waals surface area contributed by atoms with Crippen molar-refractivity contribution in [2.45, 2.75) is 31.8 Å². The van der Waals surface area contributed by atoms with Crippen LogP contribution in [0.15, 0.2) is 0 Å². The first-order chi connectivity index (χ1) is 6.99. The van der Waals surface area contributed by atoms with Gasteiger partial charge in [-0.3, -0.25) is 4.79 Å². The lowest BCUT2D eigenvalue weighted by Gasteiger charge is -2.22. The van der Waals surface area contributed by atoms with Gasteiger partial charge in [-0.25, -0.2) is 8.42 Å². The summed E-state index contributed by atoms with van der Waals surface area (Å²) in [6.45, 7) is 0.635. The third kappa shape index (κ3) is 5.13. The second-order valence-electron chi connectivity index (χ2n) is 3.82. The fraction of sp³-hybridized carbons (Fsp3) is 0.889. The highest BCUT2D eigenvalue weighted by molar-refractivity contribution is 7.91. The van der Waals surface area contributed by atoms with Gasteiger partial charge in [0, 0.05) is 13.0 Å². The van der Waals surface area contributed by atoms with E-state index in [0.29, 0.717) is 6.61 Å². The molecule has 0 aromatic heterocycles. The lowest BCUT2D eigenvalue weighted by atomic mass is 10.1. The van der Waals surface area contributed by atoms with E-state index in [2.05, 4.69) is 0 Å². The second-order valence-corrected chi connectivity index (χ2v) is 6.05. The number of carbonyl (C=O) groups excluding carboxylic acids is 1. The number of hydrogen-bond acceptors (Lipinski definition) is 4. The van der Waals surface area contributed by atoms with E-state index in [1.54, 1.807) is 0 Å². The average Bonchev–Trinajstić information content (AvgIpc) is 2.16. The monoisotopic (exact) mass is 235 g/mol. The minimum Gasteiger partial charge on any atom is -0.377 e. The fourth-order valence-electron chi connectivity index (χ4n) is 1.56. The first-order valence-corrected chi connectivity index (χ1v) is 6.92. The Labute approximate surface area is 89.9 Å². The van der Waals surface area contributed by atoms with Crippen LogP contribution in [0.2, 0.25) is 0 Å². The van der Waals surface area contributed by atoms with Crippen molar-refractivity contribution >= 4 is 15.7 Å². The maximum absolute atomic E-state index is 11.5. The molecule has 15 heavy (non-hydrogen) atoms. The maximum Gasteiger partial charge on any atom is 0.218 e. The van der Waals surface area contributed by atoms with Crippen LogP contribution in [0.3, 0.4) is 0 Å². The van der Waals surface area contributed by atoms with Gasteiger partial charge >= 0.3 is 0 Å². The molecule has 1 saturated heterocycles. The van der Waals surface area contributed by atoms with Gasteiger partial charge in [-0.1, -0.05) is 0 Å². The van der Waals surface area contributed by atoms with E-state index in [-0.39, 0.29) is 24.0 Å². The largest absolute Gasteiger partial charge is 0.377 e. The smallest absolute Gasteiger partial charge is 0.218 e. The van der Waals surface area contributed by atoms with Gasteiger partial charge < -0.3 is 10.5 Å². The molecule has 6 heteroatoms. The van der Waals surface area contributed by atoms with Crippen molar-refractivity contribution in [2.75, 3.05) is 18.1 Å². The van der Waals surface area contributed by atoms with Gasteiger partial charge in [0.25, 0.3) is 0 Å². The summed E-state index contributed by atoms with van der Waals surface area (Å²) in [6.07, 6.45) is 2.50.